The van der Waals surface area contributed by atoms with Gasteiger partial charge in [-0.25, -0.2) is 8.42 Å². The van der Waals surface area contributed by atoms with Gasteiger partial charge in [-0.05, 0) is 47.4 Å². The summed E-state index contributed by atoms with van der Waals surface area (Å²) in [7, 11) is -3.65. The number of hydrogen-bond acceptors (Lipinski definition) is 6. The fourth-order valence-corrected chi connectivity index (χ4v) is 6.11. The van der Waals surface area contributed by atoms with E-state index in [1.165, 1.54) is 45.5 Å². The van der Waals surface area contributed by atoms with Crippen molar-refractivity contribution in [1.29, 1.82) is 0 Å². The van der Waals surface area contributed by atoms with Crippen LogP contribution in [0, 0.1) is 0 Å². The summed E-state index contributed by atoms with van der Waals surface area (Å²) in [6, 6.07) is 23.8. The molecule has 1 amide bonds. The highest BCUT2D eigenvalue weighted by atomic mass is 32.2. The molecule has 3 aromatic carbocycles. The average molecular weight is 491 g/mol. The molecule has 0 saturated heterocycles. The third kappa shape index (κ3) is 4.77. The second kappa shape index (κ2) is 9.46. The molecule has 9 heteroatoms. The summed E-state index contributed by atoms with van der Waals surface area (Å²) >= 11 is 1.31. The summed E-state index contributed by atoms with van der Waals surface area (Å²) in [6.45, 7) is 0.785. The van der Waals surface area contributed by atoms with E-state index >= 15 is 0 Å². The lowest BCUT2D eigenvalue weighted by Crippen LogP contribution is -2.35. The second-order valence-corrected chi connectivity index (χ2v) is 11.0. The number of anilines is 1. The van der Waals surface area contributed by atoms with Gasteiger partial charge < -0.3 is 0 Å². The van der Waals surface area contributed by atoms with Crippen LogP contribution in [0.4, 0.5) is 5.13 Å². The van der Waals surface area contributed by atoms with Crippen molar-refractivity contribution < 1.29 is 13.2 Å². The first-order valence-electron chi connectivity index (χ1n) is 10.8. The van der Waals surface area contributed by atoms with E-state index < -0.39 is 10.0 Å². The van der Waals surface area contributed by atoms with Crippen molar-refractivity contribution in [2.45, 2.75) is 24.3 Å². The SMILES string of the molecule is O=C(Nc1nnc(Cc2ccccc2)s1)c1ccc(S(=O)(=O)N2CCc3ccccc3C2)cc1. The van der Waals surface area contributed by atoms with Crippen LogP contribution in [0.15, 0.2) is 83.8 Å². The number of fused-ring (bicyclic) bond motifs is 1. The van der Waals surface area contributed by atoms with Gasteiger partial charge in [0.15, 0.2) is 0 Å². The van der Waals surface area contributed by atoms with E-state index in [0.29, 0.717) is 36.6 Å². The number of sulfonamides is 1. The normalized spacial score (nSPS) is 13.9. The predicted octanol–water partition coefficient (Wildman–Crippen LogP) is 4.13. The highest BCUT2D eigenvalue weighted by Gasteiger charge is 2.28. The zero-order chi connectivity index (χ0) is 23.5. The molecule has 1 aliphatic rings. The molecule has 2 heterocycles. The van der Waals surface area contributed by atoms with Gasteiger partial charge in [-0.15, -0.1) is 10.2 Å². The molecule has 34 heavy (non-hydrogen) atoms. The lowest BCUT2D eigenvalue weighted by atomic mass is 10.0. The van der Waals surface area contributed by atoms with Gasteiger partial charge in [-0.2, -0.15) is 4.31 Å². The molecule has 0 aliphatic carbocycles. The minimum atomic E-state index is -3.65. The first kappa shape index (κ1) is 22.4. The Hall–Kier alpha value is -3.40. The Morgan fingerprint density at radius 2 is 1.62 bits per heavy atom. The van der Waals surface area contributed by atoms with Crippen LogP contribution in [0.5, 0.6) is 0 Å². The molecule has 0 atom stereocenters. The number of rotatable bonds is 6. The highest BCUT2D eigenvalue weighted by Crippen LogP contribution is 2.25. The standard InChI is InChI=1S/C25H22N4O3S2/c30-24(26-25-28-27-23(33-25)16-18-6-2-1-3-7-18)20-10-12-22(13-11-20)34(31,32)29-15-14-19-8-4-5-9-21(19)17-29/h1-13H,14-17H2,(H,26,28,30). The van der Waals surface area contributed by atoms with E-state index in [-0.39, 0.29) is 10.8 Å². The average Bonchev–Trinajstić information content (AvgIpc) is 3.30. The molecule has 1 N–H and O–H groups in total. The third-order valence-electron chi connectivity index (χ3n) is 5.74. The van der Waals surface area contributed by atoms with Gasteiger partial charge in [0.2, 0.25) is 15.2 Å². The molecule has 4 aromatic rings. The Morgan fingerprint density at radius 1 is 0.912 bits per heavy atom. The van der Waals surface area contributed by atoms with Crippen molar-refractivity contribution in [1.82, 2.24) is 14.5 Å². The Labute approximate surface area is 202 Å². The van der Waals surface area contributed by atoms with Crippen LogP contribution in [-0.2, 0) is 29.4 Å². The number of nitrogens with one attached hydrogen (secondary N) is 1. The number of benzene rings is 3. The van der Waals surface area contributed by atoms with Gasteiger partial charge in [0, 0.05) is 25.1 Å². The molecule has 0 bridgehead atoms. The summed E-state index contributed by atoms with van der Waals surface area (Å²) in [4.78, 5) is 12.8. The monoisotopic (exact) mass is 490 g/mol. The van der Waals surface area contributed by atoms with E-state index in [2.05, 4.69) is 15.5 Å². The van der Waals surface area contributed by atoms with Crippen molar-refractivity contribution in [3.8, 4) is 0 Å². The van der Waals surface area contributed by atoms with Gasteiger partial charge >= 0.3 is 0 Å². The number of amides is 1. The molecule has 1 aromatic heterocycles. The van der Waals surface area contributed by atoms with Crippen LogP contribution < -0.4 is 5.32 Å². The Bertz CT molecular complexity index is 1420. The zero-order valence-corrected chi connectivity index (χ0v) is 19.8. The molecule has 172 valence electrons. The molecule has 0 saturated carbocycles. The summed E-state index contributed by atoms with van der Waals surface area (Å²) in [5.41, 5.74) is 3.68. The number of nitrogens with zero attached hydrogens (tertiary/aromatic N) is 3. The smallest absolute Gasteiger partial charge is 0.257 e. The molecule has 0 fully saturated rings. The highest BCUT2D eigenvalue weighted by molar-refractivity contribution is 7.89. The number of carbonyl (C=O) groups is 1. The first-order chi connectivity index (χ1) is 16.5. The first-order valence-corrected chi connectivity index (χ1v) is 13.1. The van der Waals surface area contributed by atoms with E-state index in [9.17, 15) is 13.2 Å². The fraction of sp³-hybridized carbons (Fsp3) is 0.160. The van der Waals surface area contributed by atoms with Crippen molar-refractivity contribution in [2.75, 3.05) is 11.9 Å². The van der Waals surface area contributed by atoms with E-state index in [4.69, 9.17) is 0 Å². The Morgan fingerprint density at radius 3 is 2.38 bits per heavy atom. The van der Waals surface area contributed by atoms with E-state index in [0.717, 1.165) is 16.1 Å². The van der Waals surface area contributed by atoms with E-state index in [1.54, 1.807) is 0 Å². The second-order valence-electron chi connectivity index (χ2n) is 8.00. The summed E-state index contributed by atoms with van der Waals surface area (Å²) < 4.78 is 27.7. The molecule has 0 radical (unpaired) electrons. The maximum atomic E-state index is 13.1. The van der Waals surface area contributed by atoms with Crippen LogP contribution in [0.1, 0.15) is 32.1 Å². The van der Waals surface area contributed by atoms with Crippen molar-refractivity contribution >= 4 is 32.4 Å². The van der Waals surface area contributed by atoms with Gasteiger partial charge in [0.05, 0.1) is 4.90 Å². The van der Waals surface area contributed by atoms with Gasteiger partial charge in [0.1, 0.15) is 5.01 Å². The Balaban J connectivity index is 1.25. The molecule has 0 spiro atoms. The summed E-state index contributed by atoms with van der Waals surface area (Å²) in [5, 5.41) is 12.1. The lowest BCUT2D eigenvalue weighted by molar-refractivity contribution is 0.102. The summed E-state index contributed by atoms with van der Waals surface area (Å²) in [6.07, 6.45) is 1.33. The lowest BCUT2D eigenvalue weighted by Gasteiger charge is -2.28. The third-order valence-corrected chi connectivity index (χ3v) is 8.43. The largest absolute Gasteiger partial charge is 0.296 e. The minimum absolute atomic E-state index is 0.171. The quantitative estimate of drug-likeness (QED) is 0.439. The molecule has 1 aliphatic heterocycles. The number of aromatic nitrogens is 2. The Kier molecular flexibility index (Phi) is 6.23. The fourth-order valence-electron chi connectivity index (χ4n) is 3.92. The topological polar surface area (TPSA) is 92.3 Å². The molecular formula is C25H22N4O3S2. The van der Waals surface area contributed by atoms with Crippen molar-refractivity contribution in [3.63, 3.8) is 0 Å². The maximum absolute atomic E-state index is 13.1. The predicted molar refractivity (Wildman–Crippen MR) is 131 cm³/mol. The van der Waals surface area contributed by atoms with Crippen molar-refractivity contribution in [2.24, 2.45) is 0 Å². The van der Waals surface area contributed by atoms with Crippen LogP contribution in [0.25, 0.3) is 0 Å². The van der Waals surface area contributed by atoms with Crippen LogP contribution in [0.3, 0.4) is 0 Å². The van der Waals surface area contributed by atoms with Gasteiger partial charge in [-0.3, -0.25) is 10.1 Å². The van der Waals surface area contributed by atoms with Gasteiger partial charge in [0.25, 0.3) is 5.91 Å². The molecule has 5 rings (SSSR count). The molecule has 0 unspecified atom stereocenters. The number of carbonyl (C=O) groups excluding carboxylic acids is 1. The van der Waals surface area contributed by atoms with Gasteiger partial charge in [-0.1, -0.05) is 65.9 Å². The van der Waals surface area contributed by atoms with Crippen LogP contribution >= 0.6 is 11.3 Å². The maximum Gasteiger partial charge on any atom is 0.257 e. The molecular weight excluding hydrogens is 468 g/mol. The van der Waals surface area contributed by atoms with E-state index in [1.807, 2.05) is 54.6 Å². The number of hydrogen-bond donors (Lipinski definition) is 1. The minimum Gasteiger partial charge on any atom is -0.296 e. The van der Waals surface area contributed by atoms with Crippen molar-refractivity contribution in [3.05, 3.63) is 106 Å². The zero-order valence-electron chi connectivity index (χ0n) is 18.2. The van der Waals surface area contributed by atoms with Crippen LogP contribution in [0.2, 0.25) is 0 Å². The van der Waals surface area contributed by atoms with Crippen LogP contribution in [-0.4, -0.2) is 35.4 Å². The summed E-state index contributed by atoms with van der Waals surface area (Å²) in [5.74, 6) is -0.363. The molecule has 7 nitrogen and oxygen atoms in total.